The van der Waals surface area contributed by atoms with Crippen molar-refractivity contribution in [1.29, 1.82) is 0 Å². The molecule has 78 valence electrons. The van der Waals surface area contributed by atoms with Gasteiger partial charge in [0.05, 0.1) is 12.5 Å². The van der Waals surface area contributed by atoms with Gasteiger partial charge in [-0.05, 0) is 6.42 Å². The smallest absolute Gasteiger partial charge is 0.255 e. The Balaban J connectivity index is 0.00000144. The molecule has 1 amide bonds. The van der Waals surface area contributed by atoms with Crippen molar-refractivity contribution in [3.05, 3.63) is 0 Å². The quantitative estimate of drug-likeness (QED) is 0.767. The van der Waals surface area contributed by atoms with Crippen LogP contribution in [-0.2, 0) is 4.79 Å². The minimum atomic E-state index is -2.53. The third-order valence-corrected chi connectivity index (χ3v) is 2.41. The molecule has 7 heteroatoms. The van der Waals surface area contributed by atoms with E-state index in [1.54, 1.807) is 0 Å². The molecule has 1 saturated carbocycles. The number of amides is 1. The van der Waals surface area contributed by atoms with E-state index in [4.69, 9.17) is 23.2 Å². The van der Waals surface area contributed by atoms with Crippen molar-refractivity contribution < 1.29 is 13.6 Å². The molecular weight excluding hydrogens is 246 g/mol. The summed E-state index contributed by atoms with van der Waals surface area (Å²) in [5.74, 6) is -1.03. The Labute approximate surface area is 90.4 Å². The van der Waals surface area contributed by atoms with Crippen LogP contribution in [0.5, 0.6) is 0 Å². The minimum Gasteiger partial charge on any atom is -0.350 e. The van der Waals surface area contributed by atoms with Crippen molar-refractivity contribution in [2.75, 3.05) is 6.54 Å². The molecule has 0 bridgehead atoms. The average molecular weight is 254 g/mol. The van der Waals surface area contributed by atoms with Gasteiger partial charge in [0.1, 0.15) is 4.33 Å². The summed E-state index contributed by atoms with van der Waals surface area (Å²) in [7, 11) is 0. The molecule has 0 aliphatic heterocycles. The van der Waals surface area contributed by atoms with Gasteiger partial charge in [0, 0.05) is 0 Å². The monoisotopic (exact) mass is 253 g/mol. The van der Waals surface area contributed by atoms with Gasteiger partial charge < -0.3 is 5.32 Å². The highest BCUT2D eigenvalue weighted by Crippen LogP contribution is 2.53. The molecule has 1 N–H and O–H groups in total. The van der Waals surface area contributed by atoms with Gasteiger partial charge >= 0.3 is 0 Å². The molecule has 1 fully saturated rings. The van der Waals surface area contributed by atoms with Crippen LogP contribution >= 0.6 is 35.6 Å². The van der Waals surface area contributed by atoms with Gasteiger partial charge in [-0.25, -0.2) is 8.78 Å². The number of rotatable bonds is 3. The van der Waals surface area contributed by atoms with Gasteiger partial charge in [0.25, 0.3) is 6.43 Å². The molecule has 0 radical (unpaired) electrons. The van der Waals surface area contributed by atoms with Crippen molar-refractivity contribution in [3.8, 4) is 0 Å². The second-order valence-electron chi connectivity index (χ2n) is 2.65. The van der Waals surface area contributed by atoms with E-state index in [0.717, 1.165) is 0 Å². The van der Waals surface area contributed by atoms with Crippen LogP contribution in [0.15, 0.2) is 0 Å². The van der Waals surface area contributed by atoms with Gasteiger partial charge in [-0.3, -0.25) is 4.79 Å². The normalized spacial score (nSPS) is 23.6. The topological polar surface area (TPSA) is 29.1 Å². The standard InChI is InChI=1S/C6H7Cl2F2NO.ClH/c7-6(8)1-3(6)5(12)11-2-4(9)10;/h3-4H,1-2H2,(H,11,12);1H. The lowest BCUT2D eigenvalue weighted by atomic mass is 10.4. The number of alkyl halides is 4. The van der Waals surface area contributed by atoms with Gasteiger partial charge in [-0.1, -0.05) is 0 Å². The van der Waals surface area contributed by atoms with E-state index in [1.807, 2.05) is 5.32 Å². The van der Waals surface area contributed by atoms with Crippen molar-refractivity contribution in [1.82, 2.24) is 5.32 Å². The summed E-state index contributed by atoms with van der Waals surface area (Å²) in [6, 6.07) is 0. The average Bonchev–Trinajstić information content (AvgIpc) is 2.55. The van der Waals surface area contributed by atoms with E-state index in [1.165, 1.54) is 0 Å². The van der Waals surface area contributed by atoms with Gasteiger partial charge in [-0.15, -0.1) is 35.6 Å². The summed E-state index contributed by atoms with van der Waals surface area (Å²) in [5.41, 5.74) is 0. The van der Waals surface area contributed by atoms with Crippen LogP contribution in [0.1, 0.15) is 6.42 Å². The third-order valence-electron chi connectivity index (χ3n) is 1.57. The van der Waals surface area contributed by atoms with Crippen molar-refractivity contribution in [3.63, 3.8) is 0 Å². The fourth-order valence-electron chi connectivity index (χ4n) is 0.799. The van der Waals surface area contributed by atoms with E-state index in [0.29, 0.717) is 6.42 Å². The number of carbonyl (C=O) groups is 1. The molecule has 13 heavy (non-hydrogen) atoms. The van der Waals surface area contributed by atoms with E-state index in [9.17, 15) is 13.6 Å². The Morgan fingerprint density at radius 1 is 1.62 bits per heavy atom. The first-order valence-corrected chi connectivity index (χ1v) is 4.13. The van der Waals surface area contributed by atoms with Crippen LogP contribution in [0.25, 0.3) is 0 Å². The van der Waals surface area contributed by atoms with Gasteiger partial charge in [0.15, 0.2) is 0 Å². The highest BCUT2D eigenvalue weighted by Gasteiger charge is 2.56. The summed E-state index contributed by atoms with van der Waals surface area (Å²) in [5, 5.41) is 2.04. The first kappa shape index (κ1) is 13.2. The minimum absolute atomic E-state index is 0. The maximum absolute atomic E-state index is 11.6. The van der Waals surface area contributed by atoms with E-state index in [-0.39, 0.29) is 12.4 Å². The molecule has 0 heterocycles. The molecule has 0 spiro atoms. The SMILES string of the molecule is Cl.O=C(NCC(F)F)C1CC1(Cl)Cl. The fourth-order valence-corrected chi connectivity index (χ4v) is 1.31. The second kappa shape index (κ2) is 4.62. The molecule has 1 rings (SSSR count). The van der Waals surface area contributed by atoms with Crippen molar-refractivity contribution in [2.24, 2.45) is 5.92 Å². The van der Waals surface area contributed by atoms with Crippen LogP contribution in [0.2, 0.25) is 0 Å². The zero-order chi connectivity index (χ0) is 9.35. The predicted octanol–water partition coefficient (Wildman–Crippen LogP) is 1.98. The second-order valence-corrected chi connectivity index (χ2v) is 4.20. The summed E-state index contributed by atoms with van der Waals surface area (Å²) >= 11 is 11.1. The van der Waals surface area contributed by atoms with Gasteiger partial charge in [0.2, 0.25) is 5.91 Å². The lowest BCUT2D eigenvalue weighted by Crippen LogP contribution is -2.31. The maximum atomic E-state index is 11.6. The molecule has 1 unspecified atom stereocenters. The van der Waals surface area contributed by atoms with Crippen molar-refractivity contribution in [2.45, 2.75) is 17.2 Å². The molecule has 0 aromatic carbocycles. The molecule has 1 aliphatic carbocycles. The summed E-state index contributed by atoms with van der Waals surface area (Å²) in [4.78, 5) is 10.9. The van der Waals surface area contributed by atoms with Crippen LogP contribution in [0.3, 0.4) is 0 Å². The maximum Gasteiger partial charge on any atom is 0.255 e. The number of hydrogen-bond donors (Lipinski definition) is 1. The Kier molecular flexibility index (Phi) is 4.69. The van der Waals surface area contributed by atoms with Crippen molar-refractivity contribution >= 4 is 41.5 Å². The molecular formula is C6H8Cl3F2NO. The molecule has 2 nitrogen and oxygen atoms in total. The number of hydrogen-bond acceptors (Lipinski definition) is 1. The summed E-state index contributed by atoms with van der Waals surface area (Å²) in [6.07, 6.45) is -2.20. The van der Waals surface area contributed by atoms with Crippen LogP contribution < -0.4 is 5.32 Å². The van der Waals surface area contributed by atoms with Crippen LogP contribution in [-0.4, -0.2) is 23.2 Å². The highest BCUT2D eigenvalue weighted by atomic mass is 35.5. The predicted molar refractivity (Wildman–Crippen MR) is 48.8 cm³/mol. The number of carbonyl (C=O) groups excluding carboxylic acids is 1. The van der Waals surface area contributed by atoms with Crippen LogP contribution in [0.4, 0.5) is 8.78 Å². The zero-order valence-corrected chi connectivity index (χ0v) is 8.73. The first-order chi connectivity index (χ1) is 5.43. The van der Waals surface area contributed by atoms with E-state index >= 15 is 0 Å². The number of nitrogens with one attached hydrogen (secondary N) is 1. The van der Waals surface area contributed by atoms with E-state index in [2.05, 4.69) is 0 Å². The Hall–Kier alpha value is 0.200. The molecule has 1 atom stereocenters. The molecule has 0 saturated heterocycles. The molecule has 1 aliphatic rings. The van der Waals surface area contributed by atoms with Gasteiger partial charge in [-0.2, -0.15) is 0 Å². The zero-order valence-electron chi connectivity index (χ0n) is 6.40. The Bertz CT molecular complexity index is 200. The lowest BCUT2D eigenvalue weighted by molar-refractivity contribution is -0.122. The Morgan fingerprint density at radius 2 is 2.08 bits per heavy atom. The molecule has 0 aromatic heterocycles. The summed E-state index contributed by atoms with van der Waals surface area (Å²) in [6.45, 7) is -0.640. The Morgan fingerprint density at radius 3 is 2.38 bits per heavy atom. The first-order valence-electron chi connectivity index (χ1n) is 3.37. The highest BCUT2D eigenvalue weighted by molar-refractivity contribution is 6.52. The molecule has 0 aromatic rings. The lowest BCUT2D eigenvalue weighted by Gasteiger charge is -2.03. The summed E-state index contributed by atoms with van der Waals surface area (Å²) < 4.78 is 22.1. The van der Waals surface area contributed by atoms with E-state index < -0.39 is 29.1 Å². The largest absolute Gasteiger partial charge is 0.350 e. The third kappa shape index (κ3) is 3.83. The fraction of sp³-hybridized carbons (Fsp3) is 0.833. The number of halogens is 5. The van der Waals surface area contributed by atoms with Crippen LogP contribution in [0, 0.1) is 5.92 Å².